The van der Waals surface area contributed by atoms with Crippen LogP contribution in [0.4, 0.5) is 0 Å². The average molecular weight is 284 g/mol. The quantitative estimate of drug-likeness (QED) is 0.849. The molecule has 1 aromatic heterocycles. The molecule has 2 rings (SSSR count). The fourth-order valence-electron chi connectivity index (χ4n) is 3.71. The van der Waals surface area contributed by atoms with Crippen LogP contribution in [0.3, 0.4) is 0 Å². The molecule has 0 aromatic carbocycles. The smallest absolute Gasteiger partial charge is 0.0834 e. The molecule has 1 aliphatic rings. The molecule has 1 saturated carbocycles. The molecular formula is C15H26ClN3. The van der Waals surface area contributed by atoms with Crippen LogP contribution < -0.4 is 5.32 Å². The second-order valence-corrected chi connectivity index (χ2v) is 6.15. The van der Waals surface area contributed by atoms with E-state index in [4.69, 9.17) is 11.6 Å². The molecule has 0 spiro atoms. The summed E-state index contributed by atoms with van der Waals surface area (Å²) in [5, 5.41) is 8.80. The van der Waals surface area contributed by atoms with Crippen LogP contribution in [0.15, 0.2) is 6.20 Å². The van der Waals surface area contributed by atoms with E-state index < -0.39 is 0 Å². The summed E-state index contributed by atoms with van der Waals surface area (Å²) >= 11 is 6.43. The Morgan fingerprint density at radius 2 is 2.11 bits per heavy atom. The highest BCUT2D eigenvalue weighted by Crippen LogP contribution is 2.50. The molecule has 4 heteroatoms. The molecule has 0 bridgehead atoms. The molecule has 0 amide bonds. The molecule has 19 heavy (non-hydrogen) atoms. The molecule has 0 saturated heterocycles. The minimum absolute atomic E-state index is 0.321. The van der Waals surface area contributed by atoms with E-state index in [1.165, 1.54) is 37.8 Å². The van der Waals surface area contributed by atoms with Crippen molar-refractivity contribution in [3.63, 3.8) is 0 Å². The van der Waals surface area contributed by atoms with E-state index in [1.807, 2.05) is 0 Å². The van der Waals surface area contributed by atoms with Crippen LogP contribution in [-0.2, 0) is 6.54 Å². The van der Waals surface area contributed by atoms with Gasteiger partial charge in [0, 0.05) is 6.54 Å². The highest BCUT2D eigenvalue weighted by molar-refractivity contribution is 6.31. The largest absolute Gasteiger partial charge is 0.311 e. The number of nitrogens with one attached hydrogen (secondary N) is 1. The Morgan fingerprint density at radius 3 is 2.63 bits per heavy atom. The van der Waals surface area contributed by atoms with E-state index >= 15 is 0 Å². The molecule has 108 valence electrons. The molecule has 3 nitrogen and oxygen atoms in total. The first-order chi connectivity index (χ1) is 9.18. The lowest BCUT2D eigenvalue weighted by Crippen LogP contribution is -2.36. The summed E-state index contributed by atoms with van der Waals surface area (Å²) in [5.74, 6) is 0. The van der Waals surface area contributed by atoms with Gasteiger partial charge in [0.05, 0.1) is 23.0 Å². The molecule has 1 N–H and O–H groups in total. The fraction of sp³-hybridized carbons (Fsp3) is 0.800. The van der Waals surface area contributed by atoms with Crippen molar-refractivity contribution in [2.75, 3.05) is 7.05 Å². The first kappa shape index (κ1) is 14.9. The van der Waals surface area contributed by atoms with Gasteiger partial charge in [0.1, 0.15) is 0 Å². The summed E-state index contributed by atoms with van der Waals surface area (Å²) in [6.07, 6.45) is 9.35. The van der Waals surface area contributed by atoms with E-state index in [1.54, 1.807) is 6.20 Å². The van der Waals surface area contributed by atoms with Crippen molar-refractivity contribution in [2.45, 2.75) is 65.0 Å². The third-order valence-corrected chi connectivity index (χ3v) is 5.04. The summed E-state index contributed by atoms with van der Waals surface area (Å²) in [6.45, 7) is 5.43. The summed E-state index contributed by atoms with van der Waals surface area (Å²) in [7, 11) is 2.06. The van der Waals surface area contributed by atoms with Gasteiger partial charge in [0.15, 0.2) is 0 Å². The van der Waals surface area contributed by atoms with Gasteiger partial charge in [-0.1, -0.05) is 38.3 Å². The van der Waals surface area contributed by atoms with Crippen molar-refractivity contribution in [3.05, 3.63) is 16.9 Å². The van der Waals surface area contributed by atoms with Crippen LogP contribution in [0.2, 0.25) is 5.02 Å². The van der Waals surface area contributed by atoms with Crippen molar-refractivity contribution in [2.24, 2.45) is 5.41 Å². The maximum absolute atomic E-state index is 6.43. The standard InChI is InChI=1S/C15H26ClN3/c1-4-10-19-13(12(16)11-18-19)14(17-3)15(5-2)8-6-7-9-15/h11,14,17H,4-10H2,1-3H3. The number of aromatic nitrogens is 2. The lowest BCUT2D eigenvalue weighted by atomic mass is 9.75. The van der Waals surface area contributed by atoms with Gasteiger partial charge in [-0.2, -0.15) is 5.10 Å². The van der Waals surface area contributed by atoms with E-state index in [0.29, 0.717) is 11.5 Å². The van der Waals surface area contributed by atoms with Crippen LogP contribution in [0, 0.1) is 5.41 Å². The van der Waals surface area contributed by atoms with Crippen LogP contribution >= 0.6 is 11.6 Å². The first-order valence-corrected chi connectivity index (χ1v) is 7.94. The van der Waals surface area contributed by atoms with E-state index in [-0.39, 0.29) is 0 Å². The van der Waals surface area contributed by atoms with Gasteiger partial charge in [-0.05, 0) is 38.1 Å². The van der Waals surface area contributed by atoms with Crippen LogP contribution in [-0.4, -0.2) is 16.8 Å². The average Bonchev–Trinajstić information content (AvgIpc) is 3.02. The Bertz CT molecular complexity index is 408. The lowest BCUT2D eigenvalue weighted by molar-refractivity contribution is 0.186. The molecular weight excluding hydrogens is 258 g/mol. The first-order valence-electron chi connectivity index (χ1n) is 7.57. The number of hydrogen-bond donors (Lipinski definition) is 1. The van der Waals surface area contributed by atoms with E-state index in [9.17, 15) is 0 Å². The zero-order valence-electron chi connectivity index (χ0n) is 12.4. The van der Waals surface area contributed by atoms with Gasteiger partial charge >= 0.3 is 0 Å². The molecule has 1 unspecified atom stereocenters. The molecule has 1 fully saturated rings. The summed E-state index contributed by atoms with van der Waals surface area (Å²) in [6, 6.07) is 0.321. The zero-order chi connectivity index (χ0) is 13.9. The van der Waals surface area contributed by atoms with Crippen LogP contribution in [0.25, 0.3) is 0 Å². The molecule has 0 radical (unpaired) electrons. The summed E-state index contributed by atoms with van der Waals surface area (Å²) < 4.78 is 2.10. The van der Waals surface area contributed by atoms with Gasteiger partial charge < -0.3 is 5.32 Å². The Balaban J connectivity index is 2.38. The van der Waals surface area contributed by atoms with E-state index in [2.05, 4.69) is 36.0 Å². The molecule has 1 aromatic rings. The third kappa shape index (κ3) is 2.68. The van der Waals surface area contributed by atoms with Crippen molar-refractivity contribution >= 4 is 11.6 Å². The number of aryl methyl sites for hydroxylation is 1. The van der Waals surface area contributed by atoms with Crippen molar-refractivity contribution < 1.29 is 0 Å². The Labute approximate surface area is 121 Å². The van der Waals surface area contributed by atoms with Crippen molar-refractivity contribution in [3.8, 4) is 0 Å². The highest BCUT2D eigenvalue weighted by atomic mass is 35.5. The maximum Gasteiger partial charge on any atom is 0.0834 e. The van der Waals surface area contributed by atoms with Gasteiger partial charge in [0.25, 0.3) is 0 Å². The number of halogens is 1. The van der Waals surface area contributed by atoms with Crippen LogP contribution in [0.1, 0.15) is 64.1 Å². The highest BCUT2D eigenvalue weighted by Gasteiger charge is 2.42. The topological polar surface area (TPSA) is 29.9 Å². The normalized spacial score (nSPS) is 19.8. The maximum atomic E-state index is 6.43. The second-order valence-electron chi connectivity index (χ2n) is 5.75. The number of hydrogen-bond acceptors (Lipinski definition) is 2. The van der Waals surface area contributed by atoms with Crippen molar-refractivity contribution in [1.29, 1.82) is 0 Å². The summed E-state index contributed by atoms with van der Waals surface area (Å²) in [4.78, 5) is 0. The molecule has 1 aliphatic carbocycles. The molecule has 1 atom stereocenters. The SMILES string of the molecule is CCCn1ncc(Cl)c1C(NC)C1(CC)CCCC1. The Hall–Kier alpha value is -0.540. The predicted octanol–water partition coefficient (Wildman–Crippen LogP) is 4.18. The van der Waals surface area contributed by atoms with Gasteiger partial charge in [-0.3, -0.25) is 4.68 Å². The molecule has 1 heterocycles. The number of rotatable bonds is 6. The second kappa shape index (κ2) is 6.27. The summed E-state index contributed by atoms with van der Waals surface area (Å²) in [5.41, 5.74) is 1.54. The van der Waals surface area contributed by atoms with Crippen LogP contribution in [0.5, 0.6) is 0 Å². The number of nitrogens with zero attached hydrogens (tertiary/aromatic N) is 2. The van der Waals surface area contributed by atoms with Crippen molar-refractivity contribution in [1.82, 2.24) is 15.1 Å². The predicted molar refractivity (Wildman–Crippen MR) is 80.5 cm³/mol. The Kier molecular flexibility index (Phi) is 4.91. The van der Waals surface area contributed by atoms with Gasteiger partial charge in [0.2, 0.25) is 0 Å². The van der Waals surface area contributed by atoms with Gasteiger partial charge in [-0.25, -0.2) is 0 Å². The molecule has 0 aliphatic heterocycles. The monoisotopic (exact) mass is 283 g/mol. The third-order valence-electron chi connectivity index (χ3n) is 4.75. The van der Waals surface area contributed by atoms with Gasteiger partial charge in [-0.15, -0.1) is 0 Å². The Morgan fingerprint density at radius 1 is 1.42 bits per heavy atom. The minimum Gasteiger partial charge on any atom is -0.311 e. The lowest BCUT2D eigenvalue weighted by Gasteiger charge is -2.37. The minimum atomic E-state index is 0.321. The fourth-order valence-corrected chi connectivity index (χ4v) is 3.96. The van der Waals surface area contributed by atoms with E-state index in [0.717, 1.165) is 18.0 Å². The zero-order valence-corrected chi connectivity index (χ0v) is 13.1.